The zero-order valence-electron chi connectivity index (χ0n) is 19.2. The number of aryl methyl sites for hydroxylation is 1. The van der Waals surface area contributed by atoms with Gasteiger partial charge in [0.15, 0.2) is 6.29 Å². The number of hydrogen-bond donors (Lipinski definition) is 2. The lowest BCUT2D eigenvalue weighted by atomic mass is 10.0. The van der Waals surface area contributed by atoms with Crippen LogP contribution >= 0.6 is 46.6 Å². The van der Waals surface area contributed by atoms with Crippen molar-refractivity contribution in [3.05, 3.63) is 70.8 Å². The SMILES string of the molecule is Cn1nnnc1SCC1CC(c2ccc(CO)cc2)OC(c2ccc(CNC(=O)C(Cl)(Cl)Cl)cc2)O1. The number of tetrazole rings is 1. The average molecular weight is 573 g/mol. The first-order valence-corrected chi connectivity index (χ1v) is 13.1. The molecular weight excluding hydrogens is 549 g/mol. The first-order chi connectivity index (χ1) is 17.2. The maximum Gasteiger partial charge on any atom is 0.272 e. The normalized spacial score (nSPS) is 20.3. The highest BCUT2D eigenvalue weighted by molar-refractivity contribution is 7.99. The molecule has 2 N–H and O–H groups in total. The van der Waals surface area contributed by atoms with E-state index in [1.165, 1.54) is 11.8 Å². The number of rotatable bonds is 8. The summed E-state index contributed by atoms with van der Waals surface area (Å²) in [5.74, 6) is -0.0514. The minimum absolute atomic E-state index is 0.0169. The van der Waals surface area contributed by atoms with E-state index >= 15 is 0 Å². The number of alkyl halides is 3. The van der Waals surface area contributed by atoms with Crippen LogP contribution in [0.1, 0.15) is 41.1 Å². The summed E-state index contributed by atoms with van der Waals surface area (Å²) in [4.78, 5) is 11.8. The summed E-state index contributed by atoms with van der Waals surface area (Å²) in [5, 5.41) is 24.2. The molecule has 1 saturated heterocycles. The van der Waals surface area contributed by atoms with E-state index < -0.39 is 16.0 Å². The molecule has 1 aliphatic rings. The van der Waals surface area contributed by atoms with Crippen molar-refractivity contribution in [2.24, 2.45) is 7.05 Å². The topological polar surface area (TPSA) is 111 Å². The third-order valence-electron chi connectivity index (χ3n) is 5.56. The standard InChI is InChI=1S/C23H24Cl3N5O4S/c1-31-22(28-29-30-31)36-13-18-10-19(16-6-4-15(12-32)5-7-16)35-20(34-18)17-8-2-14(3-9-17)11-27-21(33)23(24,25)26/h2-9,18-20,32H,10-13H2,1H3,(H,27,33). The van der Waals surface area contributed by atoms with Gasteiger partial charge in [0.1, 0.15) is 0 Å². The molecule has 3 atom stereocenters. The molecule has 1 amide bonds. The molecule has 0 bridgehead atoms. The highest BCUT2D eigenvalue weighted by Gasteiger charge is 2.33. The van der Waals surface area contributed by atoms with E-state index in [9.17, 15) is 9.90 Å². The largest absolute Gasteiger partial charge is 0.392 e. The second-order valence-electron chi connectivity index (χ2n) is 8.17. The van der Waals surface area contributed by atoms with Gasteiger partial charge in [0.25, 0.3) is 9.70 Å². The Morgan fingerprint density at radius 3 is 2.39 bits per heavy atom. The van der Waals surface area contributed by atoms with Crippen molar-refractivity contribution in [1.82, 2.24) is 25.5 Å². The van der Waals surface area contributed by atoms with Crippen LogP contribution in [0.4, 0.5) is 0 Å². The molecule has 9 nitrogen and oxygen atoms in total. The number of nitrogens with zero attached hydrogens (tertiary/aromatic N) is 4. The zero-order valence-corrected chi connectivity index (χ0v) is 22.3. The monoisotopic (exact) mass is 571 g/mol. The van der Waals surface area contributed by atoms with Crippen LogP contribution in [0, 0.1) is 0 Å². The van der Waals surface area contributed by atoms with Gasteiger partial charge in [0.05, 0.1) is 18.8 Å². The summed E-state index contributed by atoms with van der Waals surface area (Å²) >= 11 is 18.3. The van der Waals surface area contributed by atoms with E-state index in [-0.39, 0.29) is 25.4 Å². The van der Waals surface area contributed by atoms with Crippen LogP contribution in [0.5, 0.6) is 0 Å². The fourth-order valence-electron chi connectivity index (χ4n) is 3.61. The molecule has 0 spiro atoms. The fraction of sp³-hybridized carbons (Fsp3) is 0.391. The Morgan fingerprint density at radius 2 is 1.78 bits per heavy atom. The van der Waals surface area contributed by atoms with E-state index in [0.717, 1.165) is 22.3 Å². The zero-order chi connectivity index (χ0) is 25.7. The number of aliphatic hydroxyl groups is 1. The molecule has 1 aromatic heterocycles. The number of carbonyl (C=O) groups is 1. The van der Waals surface area contributed by atoms with Crippen molar-refractivity contribution < 1.29 is 19.4 Å². The van der Waals surface area contributed by atoms with Crippen LogP contribution in [-0.4, -0.2) is 46.9 Å². The molecule has 13 heteroatoms. The predicted octanol–water partition coefficient (Wildman–Crippen LogP) is 4.03. The van der Waals surface area contributed by atoms with Gasteiger partial charge in [0.2, 0.25) is 5.16 Å². The number of ether oxygens (including phenoxy) is 2. The molecule has 192 valence electrons. The second kappa shape index (κ2) is 12.1. The summed E-state index contributed by atoms with van der Waals surface area (Å²) in [7, 11) is 1.79. The highest BCUT2D eigenvalue weighted by Crippen LogP contribution is 2.39. The molecule has 1 fully saturated rings. The van der Waals surface area contributed by atoms with Gasteiger partial charge in [0, 0.05) is 31.3 Å². The maximum atomic E-state index is 11.8. The summed E-state index contributed by atoms with van der Waals surface area (Å²) in [6.07, 6.45) is -0.289. The first-order valence-electron chi connectivity index (χ1n) is 11.0. The van der Waals surface area contributed by atoms with Crippen molar-refractivity contribution in [2.45, 2.75) is 47.0 Å². The van der Waals surface area contributed by atoms with Crippen molar-refractivity contribution in [3.63, 3.8) is 0 Å². The number of carbonyl (C=O) groups excluding carboxylic acids is 1. The quantitative estimate of drug-likeness (QED) is 0.308. The maximum absolute atomic E-state index is 11.8. The molecule has 3 aromatic rings. The Hall–Kier alpha value is -1.92. The summed E-state index contributed by atoms with van der Waals surface area (Å²) < 4.78 is 12.3. The van der Waals surface area contributed by atoms with Crippen LogP contribution in [-0.2, 0) is 34.5 Å². The van der Waals surface area contributed by atoms with E-state index in [1.807, 2.05) is 48.5 Å². The van der Waals surface area contributed by atoms with Gasteiger partial charge in [-0.1, -0.05) is 95.1 Å². The molecule has 36 heavy (non-hydrogen) atoms. The van der Waals surface area contributed by atoms with Gasteiger partial charge in [-0.05, 0) is 27.1 Å². The molecule has 2 heterocycles. The van der Waals surface area contributed by atoms with Gasteiger partial charge in [-0.15, -0.1) is 5.10 Å². The van der Waals surface area contributed by atoms with E-state index in [1.54, 1.807) is 11.7 Å². The van der Waals surface area contributed by atoms with Crippen molar-refractivity contribution >= 4 is 52.5 Å². The number of thioether (sulfide) groups is 1. The Balaban J connectivity index is 1.47. The van der Waals surface area contributed by atoms with Crippen molar-refractivity contribution in [1.29, 1.82) is 0 Å². The smallest absolute Gasteiger partial charge is 0.272 e. The molecule has 0 radical (unpaired) electrons. The molecule has 0 saturated carbocycles. The molecular formula is C23H24Cl3N5O4S. The number of aliphatic hydroxyl groups excluding tert-OH is 1. The first kappa shape index (κ1) is 27.1. The fourth-order valence-corrected chi connectivity index (χ4v) is 4.68. The number of nitrogens with one attached hydrogen (secondary N) is 1. The van der Waals surface area contributed by atoms with Gasteiger partial charge < -0.3 is 19.9 Å². The minimum atomic E-state index is -2.01. The van der Waals surface area contributed by atoms with Gasteiger partial charge in [-0.25, -0.2) is 4.68 Å². The van der Waals surface area contributed by atoms with Crippen LogP contribution in [0.25, 0.3) is 0 Å². The molecule has 1 aliphatic heterocycles. The summed E-state index contributed by atoms with van der Waals surface area (Å²) in [6, 6.07) is 15.2. The lowest BCUT2D eigenvalue weighted by molar-refractivity contribution is -0.245. The molecule has 2 aromatic carbocycles. The van der Waals surface area contributed by atoms with Crippen LogP contribution in [0.3, 0.4) is 0 Å². The van der Waals surface area contributed by atoms with Gasteiger partial charge in [-0.3, -0.25) is 4.79 Å². The van der Waals surface area contributed by atoms with E-state index in [4.69, 9.17) is 44.3 Å². The summed E-state index contributed by atoms with van der Waals surface area (Å²) in [6.45, 7) is 0.196. The van der Waals surface area contributed by atoms with Crippen molar-refractivity contribution in [3.8, 4) is 0 Å². The Labute approximate surface area is 227 Å². The van der Waals surface area contributed by atoms with Gasteiger partial charge >= 0.3 is 0 Å². The molecule has 0 aliphatic carbocycles. The van der Waals surface area contributed by atoms with Crippen LogP contribution in [0.15, 0.2) is 53.7 Å². The average Bonchev–Trinajstić information content (AvgIpc) is 3.30. The number of hydrogen-bond acceptors (Lipinski definition) is 8. The lowest BCUT2D eigenvalue weighted by Gasteiger charge is -2.36. The lowest BCUT2D eigenvalue weighted by Crippen LogP contribution is -2.34. The van der Waals surface area contributed by atoms with Crippen molar-refractivity contribution in [2.75, 3.05) is 5.75 Å². The van der Waals surface area contributed by atoms with Crippen LogP contribution in [0.2, 0.25) is 0 Å². The summed E-state index contributed by atoms with van der Waals surface area (Å²) in [5.41, 5.74) is 3.50. The second-order valence-corrected chi connectivity index (χ2v) is 11.4. The van der Waals surface area contributed by atoms with E-state index in [2.05, 4.69) is 20.8 Å². The van der Waals surface area contributed by atoms with Gasteiger partial charge in [-0.2, -0.15) is 0 Å². The predicted molar refractivity (Wildman–Crippen MR) is 137 cm³/mol. The molecule has 3 unspecified atom stereocenters. The van der Waals surface area contributed by atoms with Crippen LogP contribution < -0.4 is 5.32 Å². The minimum Gasteiger partial charge on any atom is -0.392 e. The Kier molecular flexibility index (Phi) is 9.10. The van der Waals surface area contributed by atoms with E-state index in [0.29, 0.717) is 17.3 Å². The number of aromatic nitrogens is 4. The third kappa shape index (κ3) is 7.10. The number of benzene rings is 2. The Morgan fingerprint density at radius 1 is 1.11 bits per heavy atom. The highest BCUT2D eigenvalue weighted by atomic mass is 35.6. The Bertz CT molecular complexity index is 1160. The molecule has 4 rings (SSSR count). The third-order valence-corrected chi connectivity index (χ3v) is 7.21. The number of halogens is 3. The number of amides is 1.